The van der Waals surface area contributed by atoms with Gasteiger partial charge >= 0.3 is 0 Å². The summed E-state index contributed by atoms with van der Waals surface area (Å²) in [6, 6.07) is 0.612. The number of nitrogens with zero attached hydrogens (tertiary/aromatic N) is 1. The molecule has 1 aliphatic rings. The van der Waals surface area contributed by atoms with E-state index >= 15 is 0 Å². The van der Waals surface area contributed by atoms with Crippen LogP contribution < -0.4 is 5.32 Å². The molecule has 1 unspecified atom stereocenters. The van der Waals surface area contributed by atoms with Crippen LogP contribution in [0.25, 0.3) is 0 Å². The van der Waals surface area contributed by atoms with E-state index in [4.69, 9.17) is 4.74 Å². The first-order valence-corrected chi connectivity index (χ1v) is 6.58. The van der Waals surface area contributed by atoms with E-state index in [1.807, 2.05) is 0 Å². The molecule has 0 spiro atoms. The smallest absolute Gasteiger partial charge is 0.0546 e. The van der Waals surface area contributed by atoms with Crippen LogP contribution in [0.2, 0.25) is 0 Å². The van der Waals surface area contributed by atoms with E-state index in [1.165, 1.54) is 12.8 Å². The molecule has 16 heavy (non-hydrogen) atoms. The zero-order chi connectivity index (χ0) is 12.0. The normalized spacial score (nSPS) is 26.6. The fourth-order valence-corrected chi connectivity index (χ4v) is 2.33. The largest absolute Gasteiger partial charge is 0.381 e. The van der Waals surface area contributed by atoms with E-state index in [0.29, 0.717) is 11.5 Å². The molecule has 0 aromatic rings. The average molecular weight is 228 g/mol. The van der Waals surface area contributed by atoms with Gasteiger partial charge < -0.3 is 15.0 Å². The summed E-state index contributed by atoms with van der Waals surface area (Å²) in [4.78, 5) is 2.44. The third kappa shape index (κ3) is 4.04. The lowest BCUT2D eigenvalue weighted by atomic mass is 9.81. The van der Waals surface area contributed by atoms with Gasteiger partial charge in [-0.15, -0.1) is 0 Å². The highest BCUT2D eigenvalue weighted by atomic mass is 16.5. The van der Waals surface area contributed by atoms with E-state index in [9.17, 15) is 0 Å². The molecule has 1 N–H and O–H groups in total. The van der Waals surface area contributed by atoms with E-state index in [-0.39, 0.29) is 0 Å². The number of rotatable bonds is 6. The van der Waals surface area contributed by atoms with Crippen LogP contribution in [-0.4, -0.2) is 50.8 Å². The number of ether oxygens (including phenoxy) is 1. The highest BCUT2D eigenvalue weighted by Gasteiger charge is 2.34. The molecule has 1 aliphatic heterocycles. The van der Waals surface area contributed by atoms with Gasteiger partial charge in [0.1, 0.15) is 0 Å². The lowest BCUT2D eigenvalue weighted by molar-refractivity contribution is -0.0261. The molecular formula is C13H28N2O. The summed E-state index contributed by atoms with van der Waals surface area (Å²) < 4.78 is 5.70. The SMILES string of the molecule is CCNCC1(CN(C)C(C)C)CCCOC1. The van der Waals surface area contributed by atoms with Gasteiger partial charge in [-0.05, 0) is 40.3 Å². The Morgan fingerprint density at radius 1 is 1.44 bits per heavy atom. The highest BCUT2D eigenvalue weighted by Crippen LogP contribution is 2.29. The minimum atomic E-state index is 0.327. The van der Waals surface area contributed by atoms with Gasteiger partial charge in [-0.2, -0.15) is 0 Å². The van der Waals surface area contributed by atoms with Crippen molar-refractivity contribution >= 4 is 0 Å². The second kappa shape index (κ2) is 6.58. The summed E-state index contributed by atoms with van der Waals surface area (Å²) >= 11 is 0. The second-order valence-electron chi connectivity index (χ2n) is 5.45. The molecule has 0 aliphatic carbocycles. The molecule has 1 rings (SSSR count). The van der Waals surface area contributed by atoms with Crippen molar-refractivity contribution in [3.05, 3.63) is 0 Å². The maximum atomic E-state index is 5.70. The molecule has 96 valence electrons. The minimum Gasteiger partial charge on any atom is -0.381 e. The quantitative estimate of drug-likeness (QED) is 0.749. The van der Waals surface area contributed by atoms with E-state index in [2.05, 4.69) is 38.0 Å². The van der Waals surface area contributed by atoms with Crippen LogP contribution in [0, 0.1) is 5.41 Å². The zero-order valence-corrected chi connectivity index (χ0v) is 11.4. The maximum absolute atomic E-state index is 5.70. The first-order valence-electron chi connectivity index (χ1n) is 6.58. The minimum absolute atomic E-state index is 0.327. The molecule has 0 bridgehead atoms. The Morgan fingerprint density at radius 3 is 2.69 bits per heavy atom. The highest BCUT2D eigenvalue weighted by molar-refractivity contribution is 4.87. The number of hydrogen-bond acceptors (Lipinski definition) is 3. The molecular weight excluding hydrogens is 200 g/mol. The fraction of sp³-hybridized carbons (Fsp3) is 1.00. The van der Waals surface area contributed by atoms with Crippen molar-refractivity contribution in [2.24, 2.45) is 5.41 Å². The van der Waals surface area contributed by atoms with Gasteiger partial charge in [-0.25, -0.2) is 0 Å². The van der Waals surface area contributed by atoms with Crippen molar-refractivity contribution in [3.8, 4) is 0 Å². The van der Waals surface area contributed by atoms with Gasteiger partial charge in [0.15, 0.2) is 0 Å². The summed E-state index contributed by atoms with van der Waals surface area (Å²) in [5.41, 5.74) is 0.327. The van der Waals surface area contributed by atoms with Crippen molar-refractivity contribution in [2.75, 3.05) is 39.9 Å². The van der Waals surface area contributed by atoms with Crippen LogP contribution in [0.3, 0.4) is 0 Å². The zero-order valence-electron chi connectivity index (χ0n) is 11.4. The Balaban J connectivity index is 2.54. The Bertz CT molecular complexity index is 188. The summed E-state index contributed by atoms with van der Waals surface area (Å²) in [5, 5.41) is 3.50. The second-order valence-corrected chi connectivity index (χ2v) is 5.45. The molecule has 0 saturated carbocycles. The van der Waals surface area contributed by atoms with Crippen molar-refractivity contribution in [3.63, 3.8) is 0 Å². The summed E-state index contributed by atoms with van der Waals surface area (Å²) in [7, 11) is 2.22. The molecule has 1 saturated heterocycles. The molecule has 1 heterocycles. The predicted octanol–water partition coefficient (Wildman–Crippen LogP) is 1.73. The predicted molar refractivity (Wildman–Crippen MR) is 68.8 cm³/mol. The monoisotopic (exact) mass is 228 g/mol. The number of nitrogens with one attached hydrogen (secondary N) is 1. The fourth-order valence-electron chi connectivity index (χ4n) is 2.33. The van der Waals surface area contributed by atoms with Crippen molar-refractivity contribution in [2.45, 2.75) is 39.7 Å². The molecule has 1 atom stereocenters. The summed E-state index contributed by atoms with van der Waals surface area (Å²) in [6.07, 6.45) is 2.49. The standard InChI is InChI=1S/C13H28N2O/c1-5-14-9-13(7-6-8-16-11-13)10-15(4)12(2)3/h12,14H,5-11H2,1-4H3. The van der Waals surface area contributed by atoms with Gasteiger partial charge in [0, 0.05) is 31.2 Å². The third-order valence-electron chi connectivity index (χ3n) is 3.62. The van der Waals surface area contributed by atoms with Gasteiger partial charge in [-0.3, -0.25) is 0 Å². The van der Waals surface area contributed by atoms with Crippen LogP contribution in [0.1, 0.15) is 33.6 Å². The molecule has 3 heteroatoms. The van der Waals surface area contributed by atoms with Gasteiger partial charge in [-0.1, -0.05) is 6.92 Å². The van der Waals surface area contributed by atoms with Crippen LogP contribution >= 0.6 is 0 Å². The Labute approximate surface area is 101 Å². The number of hydrogen-bond donors (Lipinski definition) is 1. The lowest BCUT2D eigenvalue weighted by Gasteiger charge is -2.41. The van der Waals surface area contributed by atoms with Gasteiger partial charge in [0.25, 0.3) is 0 Å². The lowest BCUT2D eigenvalue weighted by Crippen LogP contribution is -2.49. The Morgan fingerprint density at radius 2 is 2.19 bits per heavy atom. The van der Waals surface area contributed by atoms with Crippen molar-refractivity contribution < 1.29 is 4.74 Å². The third-order valence-corrected chi connectivity index (χ3v) is 3.62. The van der Waals surface area contributed by atoms with Crippen molar-refractivity contribution in [1.29, 1.82) is 0 Å². The molecule has 0 amide bonds. The Hall–Kier alpha value is -0.120. The van der Waals surface area contributed by atoms with Crippen LogP contribution in [0.5, 0.6) is 0 Å². The van der Waals surface area contributed by atoms with E-state index in [0.717, 1.165) is 32.8 Å². The summed E-state index contributed by atoms with van der Waals surface area (Å²) in [6.45, 7) is 11.8. The summed E-state index contributed by atoms with van der Waals surface area (Å²) in [5.74, 6) is 0. The maximum Gasteiger partial charge on any atom is 0.0546 e. The molecule has 1 fully saturated rings. The van der Waals surface area contributed by atoms with Crippen molar-refractivity contribution in [1.82, 2.24) is 10.2 Å². The van der Waals surface area contributed by atoms with Gasteiger partial charge in [0.05, 0.1) is 6.61 Å². The first-order chi connectivity index (χ1) is 7.59. The van der Waals surface area contributed by atoms with Crippen LogP contribution in [-0.2, 0) is 4.74 Å². The molecule has 0 radical (unpaired) electrons. The van der Waals surface area contributed by atoms with E-state index < -0.39 is 0 Å². The van der Waals surface area contributed by atoms with Crippen LogP contribution in [0.4, 0.5) is 0 Å². The van der Waals surface area contributed by atoms with Crippen LogP contribution in [0.15, 0.2) is 0 Å². The average Bonchev–Trinajstić information content (AvgIpc) is 2.27. The molecule has 0 aromatic heterocycles. The molecule has 0 aromatic carbocycles. The van der Waals surface area contributed by atoms with E-state index in [1.54, 1.807) is 0 Å². The molecule has 3 nitrogen and oxygen atoms in total. The topological polar surface area (TPSA) is 24.5 Å². The van der Waals surface area contributed by atoms with Gasteiger partial charge in [0.2, 0.25) is 0 Å². The Kier molecular flexibility index (Phi) is 5.73. The first kappa shape index (κ1) is 13.9.